The number of carbonyl (C=O) groups excluding carboxylic acids is 1. The monoisotopic (exact) mass is 294 g/mol. The van der Waals surface area contributed by atoms with Gasteiger partial charge in [-0.15, -0.1) is 0 Å². The number of nitrogens with zero attached hydrogens (tertiary/aromatic N) is 3. The molecular formula is C12H11ClN4O3. The summed E-state index contributed by atoms with van der Waals surface area (Å²) in [6, 6.07) is 3.91. The van der Waals surface area contributed by atoms with Gasteiger partial charge in [-0.3, -0.25) is 20.0 Å². The Kier molecular flexibility index (Phi) is 3.99. The van der Waals surface area contributed by atoms with Crippen LogP contribution in [0.2, 0.25) is 5.02 Å². The van der Waals surface area contributed by atoms with Gasteiger partial charge >= 0.3 is 0 Å². The molecule has 8 heteroatoms. The minimum Gasteiger partial charge on any atom is -0.337 e. The van der Waals surface area contributed by atoms with Crippen LogP contribution < -0.4 is 0 Å². The van der Waals surface area contributed by atoms with Gasteiger partial charge in [-0.2, -0.15) is 5.10 Å². The summed E-state index contributed by atoms with van der Waals surface area (Å²) in [4.78, 5) is 23.7. The van der Waals surface area contributed by atoms with Crippen LogP contribution in [0.25, 0.3) is 0 Å². The van der Waals surface area contributed by atoms with Crippen LogP contribution in [0.4, 0.5) is 5.69 Å². The Morgan fingerprint density at radius 1 is 1.55 bits per heavy atom. The maximum atomic E-state index is 12.2. The summed E-state index contributed by atoms with van der Waals surface area (Å²) >= 11 is 5.79. The summed E-state index contributed by atoms with van der Waals surface area (Å²) in [5, 5.41) is 17.1. The van der Waals surface area contributed by atoms with Crippen LogP contribution in [0, 0.1) is 10.1 Å². The van der Waals surface area contributed by atoms with Crippen molar-refractivity contribution in [3.8, 4) is 0 Å². The molecule has 0 saturated heterocycles. The normalized spacial score (nSPS) is 10.3. The number of H-pyrrole nitrogens is 1. The molecule has 1 amide bonds. The first-order chi connectivity index (χ1) is 9.49. The van der Waals surface area contributed by atoms with Crippen molar-refractivity contribution < 1.29 is 9.72 Å². The lowest BCUT2D eigenvalue weighted by atomic mass is 10.1. The second kappa shape index (κ2) is 5.70. The number of benzene rings is 1. The lowest BCUT2D eigenvalue weighted by Gasteiger charge is -2.16. The van der Waals surface area contributed by atoms with Crippen molar-refractivity contribution >= 4 is 23.2 Å². The number of carbonyl (C=O) groups is 1. The fraction of sp³-hybridized carbons (Fsp3) is 0.167. The number of aromatic amines is 1. The van der Waals surface area contributed by atoms with Crippen molar-refractivity contribution in [2.75, 3.05) is 7.05 Å². The van der Waals surface area contributed by atoms with Gasteiger partial charge in [0.15, 0.2) is 0 Å². The molecule has 0 saturated carbocycles. The van der Waals surface area contributed by atoms with Gasteiger partial charge < -0.3 is 4.90 Å². The van der Waals surface area contributed by atoms with Gasteiger partial charge in [0.05, 0.1) is 11.1 Å². The van der Waals surface area contributed by atoms with Crippen molar-refractivity contribution in [1.82, 2.24) is 15.1 Å². The molecule has 2 rings (SSSR count). The van der Waals surface area contributed by atoms with Gasteiger partial charge in [0.2, 0.25) is 0 Å². The highest BCUT2D eigenvalue weighted by molar-refractivity contribution is 6.33. The summed E-state index contributed by atoms with van der Waals surface area (Å²) in [6.45, 7) is 0.379. The molecule has 0 fully saturated rings. The lowest BCUT2D eigenvalue weighted by molar-refractivity contribution is -0.384. The lowest BCUT2D eigenvalue weighted by Crippen LogP contribution is -2.26. The van der Waals surface area contributed by atoms with Crippen molar-refractivity contribution in [3.05, 3.63) is 56.9 Å². The summed E-state index contributed by atoms with van der Waals surface area (Å²) in [6.07, 6.45) is 3.30. The number of rotatable bonds is 4. The highest BCUT2D eigenvalue weighted by Gasteiger charge is 2.17. The van der Waals surface area contributed by atoms with Gasteiger partial charge in [-0.05, 0) is 12.1 Å². The number of nitrogens with one attached hydrogen (secondary N) is 1. The van der Waals surface area contributed by atoms with Gasteiger partial charge in [0, 0.05) is 37.0 Å². The molecular weight excluding hydrogens is 284 g/mol. The zero-order valence-corrected chi connectivity index (χ0v) is 11.3. The molecule has 0 radical (unpaired) electrons. The molecule has 1 aromatic carbocycles. The van der Waals surface area contributed by atoms with Gasteiger partial charge in [0.1, 0.15) is 5.02 Å². The molecule has 0 aliphatic carbocycles. The third kappa shape index (κ3) is 2.94. The van der Waals surface area contributed by atoms with Crippen LogP contribution in [0.3, 0.4) is 0 Å². The number of aromatic nitrogens is 2. The maximum absolute atomic E-state index is 12.2. The van der Waals surface area contributed by atoms with Gasteiger partial charge in [-0.1, -0.05) is 11.6 Å². The van der Waals surface area contributed by atoms with E-state index in [9.17, 15) is 14.9 Å². The smallest absolute Gasteiger partial charge is 0.287 e. The van der Waals surface area contributed by atoms with Gasteiger partial charge in [0.25, 0.3) is 11.6 Å². The van der Waals surface area contributed by atoms with Crippen LogP contribution in [0.1, 0.15) is 15.9 Å². The summed E-state index contributed by atoms with van der Waals surface area (Å²) in [7, 11) is 1.63. The van der Waals surface area contributed by atoms with E-state index in [1.165, 1.54) is 23.1 Å². The highest BCUT2D eigenvalue weighted by atomic mass is 35.5. The molecule has 20 heavy (non-hydrogen) atoms. The fourth-order valence-electron chi connectivity index (χ4n) is 1.72. The Bertz CT molecular complexity index is 642. The van der Waals surface area contributed by atoms with E-state index in [0.29, 0.717) is 12.1 Å². The van der Waals surface area contributed by atoms with E-state index < -0.39 is 4.92 Å². The minimum absolute atomic E-state index is 0.0578. The van der Waals surface area contributed by atoms with E-state index in [0.717, 1.165) is 5.56 Å². The van der Waals surface area contributed by atoms with E-state index in [-0.39, 0.29) is 16.6 Å². The Hall–Kier alpha value is -2.41. The third-order valence-corrected chi connectivity index (χ3v) is 3.02. The van der Waals surface area contributed by atoms with E-state index in [4.69, 9.17) is 11.6 Å². The Morgan fingerprint density at radius 2 is 2.30 bits per heavy atom. The zero-order valence-electron chi connectivity index (χ0n) is 10.5. The molecule has 0 spiro atoms. The summed E-state index contributed by atoms with van der Waals surface area (Å²) < 4.78 is 0. The molecule has 0 bridgehead atoms. The molecule has 104 valence electrons. The molecule has 2 aromatic rings. The van der Waals surface area contributed by atoms with Crippen LogP contribution >= 0.6 is 11.6 Å². The zero-order chi connectivity index (χ0) is 14.7. The molecule has 1 aromatic heterocycles. The van der Waals surface area contributed by atoms with Crippen LogP contribution in [-0.2, 0) is 6.54 Å². The number of amides is 1. The molecule has 0 atom stereocenters. The predicted octanol–water partition coefficient (Wildman–Crippen LogP) is 2.24. The molecule has 7 nitrogen and oxygen atoms in total. The second-order valence-corrected chi connectivity index (χ2v) is 4.60. The number of nitro groups is 1. The van der Waals surface area contributed by atoms with Crippen LogP contribution in [-0.4, -0.2) is 33.0 Å². The number of hydrogen-bond acceptors (Lipinski definition) is 4. The molecule has 1 N–H and O–H groups in total. The Labute approximate surface area is 119 Å². The van der Waals surface area contributed by atoms with Crippen LogP contribution in [0.5, 0.6) is 0 Å². The topological polar surface area (TPSA) is 92.1 Å². The van der Waals surface area contributed by atoms with E-state index >= 15 is 0 Å². The third-order valence-electron chi connectivity index (χ3n) is 2.71. The fourth-order valence-corrected chi connectivity index (χ4v) is 1.97. The Balaban J connectivity index is 2.16. The number of hydrogen-bond donors (Lipinski definition) is 1. The van der Waals surface area contributed by atoms with E-state index in [1.807, 2.05) is 0 Å². The van der Waals surface area contributed by atoms with Crippen LogP contribution in [0.15, 0.2) is 30.6 Å². The first kappa shape index (κ1) is 14.0. The maximum Gasteiger partial charge on any atom is 0.287 e. The SMILES string of the molecule is CN(Cc1cn[nH]c1)C(=O)c1ccc([N+](=O)[O-])c(Cl)c1. The average molecular weight is 295 g/mol. The van der Waals surface area contributed by atoms with Crippen molar-refractivity contribution in [3.63, 3.8) is 0 Å². The van der Waals surface area contributed by atoms with E-state index in [1.54, 1.807) is 19.4 Å². The summed E-state index contributed by atoms with van der Waals surface area (Å²) in [5.74, 6) is -0.275. The largest absolute Gasteiger partial charge is 0.337 e. The first-order valence-corrected chi connectivity index (χ1v) is 6.04. The average Bonchev–Trinajstić information content (AvgIpc) is 2.90. The Morgan fingerprint density at radius 3 is 2.85 bits per heavy atom. The molecule has 0 aliphatic heterocycles. The van der Waals surface area contributed by atoms with Gasteiger partial charge in [-0.25, -0.2) is 0 Å². The minimum atomic E-state index is -0.591. The first-order valence-electron chi connectivity index (χ1n) is 5.66. The predicted molar refractivity (Wildman–Crippen MR) is 72.5 cm³/mol. The summed E-state index contributed by atoms with van der Waals surface area (Å²) in [5.41, 5.74) is 0.932. The number of nitro benzene ring substituents is 1. The van der Waals surface area contributed by atoms with Crippen molar-refractivity contribution in [1.29, 1.82) is 0 Å². The van der Waals surface area contributed by atoms with Crippen molar-refractivity contribution in [2.45, 2.75) is 6.54 Å². The second-order valence-electron chi connectivity index (χ2n) is 4.19. The standard InChI is InChI=1S/C12H11ClN4O3/c1-16(7-8-5-14-15-6-8)12(18)9-2-3-11(17(19)20)10(13)4-9/h2-6H,7H2,1H3,(H,14,15). The highest BCUT2D eigenvalue weighted by Crippen LogP contribution is 2.25. The molecule has 0 unspecified atom stereocenters. The molecule has 1 heterocycles. The quantitative estimate of drug-likeness (QED) is 0.691. The van der Waals surface area contributed by atoms with E-state index in [2.05, 4.69) is 10.2 Å². The molecule has 0 aliphatic rings. The van der Waals surface area contributed by atoms with Crippen molar-refractivity contribution in [2.24, 2.45) is 0 Å². The number of halogens is 1.